The number of ether oxygens (including phenoxy) is 1. The zero-order valence-corrected chi connectivity index (χ0v) is 11.5. The Labute approximate surface area is 112 Å². The van der Waals surface area contributed by atoms with Gasteiger partial charge in [0.1, 0.15) is 5.52 Å². The third-order valence-corrected chi connectivity index (χ3v) is 2.62. The second-order valence-electron chi connectivity index (χ2n) is 4.42. The number of aromatic amines is 1. The molecule has 2 rings (SSSR count). The lowest BCUT2D eigenvalue weighted by atomic mass is 10.3. The van der Waals surface area contributed by atoms with Gasteiger partial charge in [-0.1, -0.05) is 6.92 Å². The van der Waals surface area contributed by atoms with Crippen LogP contribution in [0.5, 0.6) is 0 Å². The Morgan fingerprint density at radius 3 is 3.00 bits per heavy atom. The van der Waals surface area contributed by atoms with Gasteiger partial charge in [0.15, 0.2) is 11.5 Å². The number of methoxy groups -OCH3 is 1. The minimum Gasteiger partial charge on any atom is -0.383 e. The number of nitrogens with zero attached hydrogens (tertiary/aromatic N) is 3. The van der Waals surface area contributed by atoms with E-state index in [1.807, 2.05) is 6.92 Å². The fraction of sp³-hybridized carbons (Fsp3) is 0.583. The summed E-state index contributed by atoms with van der Waals surface area (Å²) in [4.78, 5) is 16.1. The highest BCUT2D eigenvalue weighted by Gasteiger charge is 2.11. The predicted molar refractivity (Wildman–Crippen MR) is 75.4 cm³/mol. The normalized spacial score (nSPS) is 12.6. The van der Waals surface area contributed by atoms with E-state index in [1.165, 1.54) is 0 Å². The van der Waals surface area contributed by atoms with E-state index in [0.717, 1.165) is 24.3 Å². The van der Waals surface area contributed by atoms with E-state index in [1.54, 1.807) is 13.4 Å². The molecule has 0 aromatic carbocycles. The van der Waals surface area contributed by atoms with Gasteiger partial charge >= 0.3 is 0 Å². The fourth-order valence-corrected chi connectivity index (χ4v) is 1.78. The molecule has 0 bridgehead atoms. The molecule has 2 heterocycles. The van der Waals surface area contributed by atoms with Gasteiger partial charge in [0.2, 0.25) is 5.95 Å². The summed E-state index contributed by atoms with van der Waals surface area (Å²) < 4.78 is 5.12. The van der Waals surface area contributed by atoms with Gasteiger partial charge in [0.25, 0.3) is 0 Å². The van der Waals surface area contributed by atoms with Crippen molar-refractivity contribution in [3.05, 3.63) is 6.33 Å². The molecule has 0 aliphatic carbocycles. The molecule has 19 heavy (non-hydrogen) atoms. The number of aromatic nitrogens is 4. The standard InChI is InChI=1S/C12H20N6O/c1-4-5-13-12-17-10-9(14-7-15-10)11(18-12)16-8(2)6-19-3/h7-8H,4-6H2,1-3H3,(H3,13,14,15,16,17,18). The van der Waals surface area contributed by atoms with E-state index < -0.39 is 0 Å². The average Bonchev–Trinajstić information content (AvgIpc) is 2.85. The molecule has 3 N–H and O–H groups in total. The van der Waals surface area contributed by atoms with Gasteiger partial charge in [-0.2, -0.15) is 9.97 Å². The zero-order chi connectivity index (χ0) is 13.7. The fourth-order valence-electron chi connectivity index (χ4n) is 1.78. The Hall–Kier alpha value is -1.89. The highest BCUT2D eigenvalue weighted by atomic mass is 16.5. The molecule has 7 nitrogen and oxygen atoms in total. The van der Waals surface area contributed by atoms with Crippen LogP contribution >= 0.6 is 0 Å². The van der Waals surface area contributed by atoms with Crippen LogP contribution in [0.2, 0.25) is 0 Å². The van der Waals surface area contributed by atoms with Crippen LogP contribution in [0.3, 0.4) is 0 Å². The topological polar surface area (TPSA) is 87.8 Å². The quantitative estimate of drug-likeness (QED) is 0.704. The number of hydrogen-bond donors (Lipinski definition) is 3. The first-order chi connectivity index (χ1) is 9.24. The van der Waals surface area contributed by atoms with Gasteiger partial charge in [-0.25, -0.2) is 4.98 Å². The van der Waals surface area contributed by atoms with Crippen LogP contribution in [0.4, 0.5) is 11.8 Å². The molecule has 0 saturated carbocycles. The Kier molecular flexibility index (Phi) is 4.51. The van der Waals surface area contributed by atoms with E-state index >= 15 is 0 Å². The van der Waals surface area contributed by atoms with Gasteiger partial charge in [-0.15, -0.1) is 0 Å². The second-order valence-corrected chi connectivity index (χ2v) is 4.42. The molecule has 0 radical (unpaired) electrons. The summed E-state index contributed by atoms with van der Waals surface area (Å²) in [6.07, 6.45) is 2.64. The molecular weight excluding hydrogens is 244 g/mol. The Bertz CT molecular complexity index is 526. The lowest BCUT2D eigenvalue weighted by Gasteiger charge is -2.14. The molecule has 1 unspecified atom stereocenters. The first-order valence-electron chi connectivity index (χ1n) is 6.45. The number of anilines is 2. The molecule has 2 aromatic heterocycles. The smallest absolute Gasteiger partial charge is 0.226 e. The first-order valence-corrected chi connectivity index (χ1v) is 6.45. The lowest BCUT2D eigenvalue weighted by molar-refractivity contribution is 0.190. The summed E-state index contributed by atoms with van der Waals surface area (Å²) >= 11 is 0. The van der Waals surface area contributed by atoms with E-state index in [9.17, 15) is 0 Å². The highest BCUT2D eigenvalue weighted by molar-refractivity contribution is 5.83. The van der Waals surface area contributed by atoms with Crippen LogP contribution in [-0.4, -0.2) is 46.2 Å². The van der Waals surface area contributed by atoms with Crippen molar-refractivity contribution in [2.24, 2.45) is 0 Å². The van der Waals surface area contributed by atoms with Crippen molar-refractivity contribution in [3.8, 4) is 0 Å². The van der Waals surface area contributed by atoms with Gasteiger partial charge < -0.3 is 20.4 Å². The van der Waals surface area contributed by atoms with Crippen molar-refractivity contribution in [1.29, 1.82) is 0 Å². The van der Waals surface area contributed by atoms with Crippen LogP contribution in [0.15, 0.2) is 6.33 Å². The molecule has 0 saturated heterocycles. The molecule has 0 spiro atoms. The maximum absolute atomic E-state index is 5.12. The summed E-state index contributed by atoms with van der Waals surface area (Å²) in [7, 11) is 1.68. The summed E-state index contributed by atoms with van der Waals surface area (Å²) in [6, 6.07) is 0.158. The van der Waals surface area contributed by atoms with E-state index in [-0.39, 0.29) is 6.04 Å². The maximum atomic E-state index is 5.12. The highest BCUT2D eigenvalue weighted by Crippen LogP contribution is 2.19. The van der Waals surface area contributed by atoms with Crippen LogP contribution in [0.25, 0.3) is 11.2 Å². The van der Waals surface area contributed by atoms with Crippen LogP contribution in [0, 0.1) is 0 Å². The van der Waals surface area contributed by atoms with Crippen LogP contribution < -0.4 is 10.6 Å². The van der Waals surface area contributed by atoms with Crippen molar-refractivity contribution < 1.29 is 4.74 Å². The Morgan fingerprint density at radius 2 is 2.26 bits per heavy atom. The van der Waals surface area contributed by atoms with Crippen molar-refractivity contribution in [2.45, 2.75) is 26.3 Å². The minimum atomic E-state index is 0.158. The summed E-state index contributed by atoms with van der Waals surface area (Å²) in [6.45, 7) is 5.58. The lowest BCUT2D eigenvalue weighted by Crippen LogP contribution is -2.22. The molecule has 1 atom stereocenters. The van der Waals surface area contributed by atoms with Crippen molar-refractivity contribution in [3.63, 3.8) is 0 Å². The van der Waals surface area contributed by atoms with E-state index in [2.05, 4.69) is 37.5 Å². The predicted octanol–water partition coefficient (Wildman–Crippen LogP) is 1.62. The van der Waals surface area contributed by atoms with Gasteiger partial charge in [-0.05, 0) is 13.3 Å². The number of fused-ring (bicyclic) bond motifs is 1. The molecule has 0 fully saturated rings. The van der Waals surface area contributed by atoms with Crippen LogP contribution in [0.1, 0.15) is 20.3 Å². The summed E-state index contributed by atoms with van der Waals surface area (Å²) in [5.74, 6) is 1.33. The van der Waals surface area contributed by atoms with E-state index in [4.69, 9.17) is 4.74 Å². The average molecular weight is 264 g/mol. The summed E-state index contributed by atoms with van der Waals surface area (Å²) in [5, 5.41) is 6.48. The maximum Gasteiger partial charge on any atom is 0.226 e. The molecule has 7 heteroatoms. The van der Waals surface area contributed by atoms with Crippen LogP contribution in [-0.2, 0) is 4.74 Å². The van der Waals surface area contributed by atoms with Crippen molar-refractivity contribution in [1.82, 2.24) is 19.9 Å². The number of imidazole rings is 1. The number of nitrogens with one attached hydrogen (secondary N) is 3. The van der Waals surface area contributed by atoms with Gasteiger partial charge in [-0.3, -0.25) is 0 Å². The molecular formula is C12H20N6O. The Balaban J connectivity index is 2.25. The molecule has 0 aliphatic heterocycles. The largest absolute Gasteiger partial charge is 0.383 e. The number of hydrogen-bond acceptors (Lipinski definition) is 6. The SMILES string of the molecule is CCCNc1nc(NC(C)COC)c2[nH]cnc2n1. The minimum absolute atomic E-state index is 0.158. The first kappa shape index (κ1) is 13.5. The summed E-state index contributed by atoms with van der Waals surface area (Å²) in [5.41, 5.74) is 1.46. The van der Waals surface area contributed by atoms with Gasteiger partial charge in [0.05, 0.1) is 12.9 Å². The monoisotopic (exact) mass is 264 g/mol. The number of H-pyrrole nitrogens is 1. The molecule has 0 amide bonds. The number of rotatable bonds is 7. The zero-order valence-electron chi connectivity index (χ0n) is 11.5. The third-order valence-electron chi connectivity index (χ3n) is 2.62. The second kappa shape index (κ2) is 6.33. The molecule has 2 aromatic rings. The van der Waals surface area contributed by atoms with E-state index in [0.29, 0.717) is 18.2 Å². The molecule has 0 aliphatic rings. The van der Waals surface area contributed by atoms with Crippen molar-refractivity contribution in [2.75, 3.05) is 30.9 Å². The van der Waals surface area contributed by atoms with Gasteiger partial charge in [0, 0.05) is 19.7 Å². The molecule has 104 valence electrons. The van der Waals surface area contributed by atoms with Crippen molar-refractivity contribution >= 4 is 22.9 Å². The third kappa shape index (κ3) is 3.31. The Morgan fingerprint density at radius 1 is 1.42 bits per heavy atom.